The van der Waals surface area contributed by atoms with Crippen LogP contribution in [0.5, 0.6) is 0 Å². The summed E-state index contributed by atoms with van der Waals surface area (Å²) in [7, 11) is 0. The molecule has 0 aliphatic carbocycles. The fourth-order valence-electron chi connectivity index (χ4n) is 3.85. The lowest BCUT2D eigenvalue weighted by Crippen LogP contribution is -2.45. The predicted octanol–water partition coefficient (Wildman–Crippen LogP) is 2.04. The molecule has 1 aromatic rings. The Hall–Kier alpha value is -2.15. The van der Waals surface area contributed by atoms with Gasteiger partial charge in [0, 0.05) is 44.8 Å². The summed E-state index contributed by atoms with van der Waals surface area (Å²) in [6.45, 7) is 2.99. The Bertz CT molecular complexity index is 621. The van der Waals surface area contributed by atoms with E-state index in [-0.39, 0.29) is 29.0 Å². The highest BCUT2D eigenvalue weighted by Gasteiger charge is 2.32. The normalized spacial score (nSPS) is 19.9. The van der Waals surface area contributed by atoms with E-state index < -0.39 is 0 Å². The van der Waals surface area contributed by atoms with Gasteiger partial charge in [-0.25, -0.2) is 0 Å². The van der Waals surface area contributed by atoms with Gasteiger partial charge in [0.15, 0.2) is 0 Å². The maximum atomic E-state index is 12.7. The number of para-hydroxylation sites is 2. The standard InChI is InChI=1S/C18H25N3O4/c22-13-14-5-9-20(10-6-14)18(23)15-7-11-19(12-8-15)16-3-1-2-4-17(16)21(24)25/h1-4,14-15,22H,5-13H2. The number of hydrogen-bond acceptors (Lipinski definition) is 5. The average Bonchev–Trinajstić information content (AvgIpc) is 2.67. The molecule has 25 heavy (non-hydrogen) atoms. The number of nitro benzene ring substituents is 1. The van der Waals surface area contributed by atoms with Gasteiger partial charge in [0.05, 0.1) is 4.92 Å². The summed E-state index contributed by atoms with van der Waals surface area (Å²) in [6.07, 6.45) is 3.20. The fourth-order valence-corrected chi connectivity index (χ4v) is 3.85. The molecule has 2 fully saturated rings. The summed E-state index contributed by atoms with van der Waals surface area (Å²) >= 11 is 0. The molecular weight excluding hydrogens is 322 g/mol. The van der Waals surface area contributed by atoms with Crippen LogP contribution in [0.3, 0.4) is 0 Å². The zero-order chi connectivity index (χ0) is 17.8. The summed E-state index contributed by atoms with van der Waals surface area (Å²) in [5.74, 6) is 0.535. The van der Waals surface area contributed by atoms with Crippen LogP contribution in [-0.4, -0.2) is 53.6 Å². The Morgan fingerprint density at radius 3 is 2.36 bits per heavy atom. The molecule has 0 atom stereocenters. The van der Waals surface area contributed by atoms with Crippen LogP contribution in [0.15, 0.2) is 24.3 Å². The first-order chi connectivity index (χ1) is 12.1. The van der Waals surface area contributed by atoms with Crippen molar-refractivity contribution in [1.29, 1.82) is 0 Å². The first kappa shape index (κ1) is 17.7. The molecule has 3 rings (SSSR count). The van der Waals surface area contributed by atoms with E-state index in [0.29, 0.717) is 24.7 Å². The van der Waals surface area contributed by atoms with Crippen molar-refractivity contribution in [3.63, 3.8) is 0 Å². The monoisotopic (exact) mass is 347 g/mol. The minimum absolute atomic E-state index is 0.00435. The summed E-state index contributed by atoms with van der Waals surface area (Å²) in [6, 6.07) is 6.79. The number of hydrogen-bond donors (Lipinski definition) is 1. The Balaban J connectivity index is 1.57. The molecule has 1 aromatic carbocycles. The van der Waals surface area contributed by atoms with Crippen LogP contribution in [-0.2, 0) is 4.79 Å². The number of nitrogens with zero attached hydrogens (tertiary/aromatic N) is 3. The van der Waals surface area contributed by atoms with E-state index in [9.17, 15) is 20.0 Å². The summed E-state index contributed by atoms with van der Waals surface area (Å²) < 4.78 is 0. The number of benzene rings is 1. The van der Waals surface area contributed by atoms with Gasteiger partial charge in [0.1, 0.15) is 5.69 Å². The van der Waals surface area contributed by atoms with Crippen LogP contribution in [0.25, 0.3) is 0 Å². The van der Waals surface area contributed by atoms with Gasteiger partial charge < -0.3 is 14.9 Å². The third kappa shape index (κ3) is 3.92. The van der Waals surface area contributed by atoms with Crippen LogP contribution in [0, 0.1) is 22.0 Å². The number of carbonyl (C=O) groups excluding carboxylic acids is 1. The van der Waals surface area contributed by atoms with Gasteiger partial charge in [-0.05, 0) is 37.7 Å². The van der Waals surface area contributed by atoms with E-state index in [1.54, 1.807) is 12.1 Å². The van der Waals surface area contributed by atoms with Crippen LogP contribution in [0.1, 0.15) is 25.7 Å². The zero-order valence-corrected chi connectivity index (χ0v) is 14.3. The molecule has 2 aliphatic heterocycles. The Labute approximate surface area is 147 Å². The van der Waals surface area contributed by atoms with Crippen molar-refractivity contribution in [2.75, 3.05) is 37.7 Å². The number of rotatable bonds is 4. The van der Waals surface area contributed by atoms with Gasteiger partial charge in [-0.1, -0.05) is 12.1 Å². The topological polar surface area (TPSA) is 86.9 Å². The Morgan fingerprint density at radius 2 is 1.76 bits per heavy atom. The molecule has 0 aromatic heterocycles. The highest BCUT2D eigenvalue weighted by Crippen LogP contribution is 2.32. The molecule has 2 saturated heterocycles. The Morgan fingerprint density at radius 1 is 1.12 bits per heavy atom. The number of anilines is 1. The van der Waals surface area contributed by atoms with Gasteiger partial charge in [0.2, 0.25) is 5.91 Å². The molecule has 2 heterocycles. The van der Waals surface area contributed by atoms with Crippen LogP contribution < -0.4 is 4.90 Å². The molecule has 1 N–H and O–H groups in total. The van der Waals surface area contributed by atoms with Crippen molar-refractivity contribution in [2.45, 2.75) is 25.7 Å². The van der Waals surface area contributed by atoms with E-state index in [0.717, 1.165) is 38.8 Å². The molecule has 0 saturated carbocycles. The van der Waals surface area contributed by atoms with Crippen molar-refractivity contribution >= 4 is 17.3 Å². The van der Waals surface area contributed by atoms with E-state index in [4.69, 9.17) is 0 Å². The van der Waals surface area contributed by atoms with Gasteiger partial charge >= 0.3 is 0 Å². The second-order valence-corrected chi connectivity index (χ2v) is 6.96. The molecule has 0 bridgehead atoms. The highest BCUT2D eigenvalue weighted by molar-refractivity contribution is 5.79. The van der Waals surface area contributed by atoms with Crippen LogP contribution in [0.2, 0.25) is 0 Å². The fraction of sp³-hybridized carbons (Fsp3) is 0.611. The second kappa shape index (κ2) is 7.82. The minimum Gasteiger partial charge on any atom is -0.396 e. The second-order valence-electron chi connectivity index (χ2n) is 6.96. The molecular formula is C18H25N3O4. The van der Waals surface area contributed by atoms with E-state index in [1.807, 2.05) is 15.9 Å². The molecule has 2 aliphatic rings. The van der Waals surface area contributed by atoms with E-state index in [2.05, 4.69) is 0 Å². The summed E-state index contributed by atoms with van der Waals surface area (Å²) in [5, 5.41) is 20.4. The Kier molecular flexibility index (Phi) is 5.53. The van der Waals surface area contributed by atoms with Crippen molar-refractivity contribution in [2.24, 2.45) is 11.8 Å². The van der Waals surface area contributed by atoms with Gasteiger partial charge in [-0.15, -0.1) is 0 Å². The predicted molar refractivity (Wildman–Crippen MR) is 94.4 cm³/mol. The van der Waals surface area contributed by atoms with Crippen molar-refractivity contribution in [3.8, 4) is 0 Å². The quantitative estimate of drug-likeness (QED) is 0.665. The lowest BCUT2D eigenvalue weighted by Gasteiger charge is -2.37. The smallest absolute Gasteiger partial charge is 0.292 e. The maximum absolute atomic E-state index is 12.7. The molecule has 0 spiro atoms. The molecule has 1 amide bonds. The lowest BCUT2D eigenvalue weighted by molar-refractivity contribution is -0.384. The molecule has 0 unspecified atom stereocenters. The van der Waals surface area contributed by atoms with Crippen molar-refractivity contribution in [3.05, 3.63) is 34.4 Å². The largest absolute Gasteiger partial charge is 0.396 e. The number of piperidine rings is 2. The number of amides is 1. The third-order valence-electron chi connectivity index (χ3n) is 5.45. The first-order valence-corrected chi connectivity index (χ1v) is 8.98. The SMILES string of the molecule is O=C(C1CCN(c2ccccc2[N+](=O)[O-])CC1)N1CCC(CO)CC1. The van der Waals surface area contributed by atoms with Crippen molar-refractivity contribution in [1.82, 2.24) is 4.90 Å². The van der Waals surface area contributed by atoms with Gasteiger partial charge in [-0.3, -0.25) is 14.9 Å². The average molecular weight is 347 g/mol. The first-order valence-electron chi connectivity index (χ1n) is 8.98. The number of aliphatic hydroxyl groups is 1. The molecule has 0 radical (unpaired) electrons. The van der Waals surface area contributed by atoms with E-state index in [1.165, 1.54) is 6.07 Å². The van der Waals surface area contributed by atoms with Crippen LogP contribution in [0.4, 0.5) is 11.4 Å². The highest BCUT2D eigenvalue weighted by atomic mass is 16.6. The van der Waals surface area contributed by atoms with Crippen molar-refractivity contribution < 1.29 is 14.8 Å². The van der Waals surface area contributed by atoms with E-state index >= 15 is 0 Å². The molecule has 7 heteroatoms. The number of carbonyl (C=O) groups is 1. The zero-order valence-electron chi connectivity index (χ0n) is 14.3. The van der Waals surface area contributed by atoms with Gasteiger partial charge in [-0.2, -0.15) is 0 Å². The number of nitro groups is 1. The molecule has 7 nitrogen and oxygen atoms in total. The minimum atomic E-state index is -0.349. The number of aliphatic hydroxyl groups excluding tert-OH is 1. The summed E-state index contributed by atoms with van der Waals surface area (Å²) in [4.78, 5) is 27.5. The lowest BCUT2D eigenvalue weighted by atomic mass is 9.92. The summed E-state index contributed by atoms with van der Waals surface area (Å²) in [5.41, 5.74) is 0.764. The number of likely N-dealkylation sites (tertiary alicyclic amines) is 1. The molecule has 136 valence electrons. The van der Waals surface area contributed by atoms with Gasteiger partial charge in [0.25, 0.3) is 5.69 Å². The maximum Gasteiger partial charge on any atom is 0.292 e. The van der Waals surface area contributed by atoms with Crippen LogP contribution >= 0.6 is 0 Å². The third-order valence-corrected chi connectivity index (χ3v) is 5.45.